The molecular formula is C13H18N6O4. The van der Waals surface area contributed by atoms with E-state index in [0.29, 0.717) is 18.1 Å². The van der Waals surface area contributed by atoms with Crippen molar-refractivity contribution >= 4 is 17.4 Å². The Bertz CT molecular complexity index is 707. The molecule has 0 fully saturated rings. The summed E-state index contributed by atoms with van der Waals surface area (Å²) in [6.45, 7) is 3.97. The van der Waals surface area contributed by atoms with Gasteiger partial charge in [0.1, 0.15) is 6.73 Å². The molecule has 1 atom stereocenters. The zero-order chi connectivity index (χ0) is 17.0. The standard InChI is InChI=1S/C13H18N6O4/c1-9(6-18-10(2)4-12(16-18)19(21)22)13(20)15-11-5-14-17(7-11)8-23-3/h4-5,7,9H,6,8H2,1-3H3,(H,15,20). The summed E-state index contributed by atoms with van der Waals surface area (Å²) >= 11 is 0. The number of nitrogens with one attached hydrogen (secondary N) is 1. The molecule has 0 aromatic carbocycles. The number of nitrogens with zero attached hydrogens (tertiary/aromatic N) is 5. The highest BCUT2D eigenvalue weighted by Gasteiger charge is 2.21. The molecule has 0 radical (unpaired) electrons. The molecule has 2 rings (SSSR count). The van der Waals surface area contributed by atoms with Crippen LogP contribution in [0.5, 0.6) is 0 Å². The number of hydrogen-bond donors (Lipinski definition) is 1. The highest BCUT2D eigenvalue weighted by atomic mass is 16.6. The van der Waals surface area contributed by atoms with Gasteiger partial charge in [0.05, 0.1) is 47.4 Å². The van der Waals surface area contributed by atoms with E-state index in [9.17, 15) is 14.9 Å². The van der Waals surface area contributed by atoms with Crippen molar-refractivity contribution in [2.45, 2.75) is 27.1 Å². The van der Waals surface area contributed by atoms with E-state index < -0.39 is 10.8 Å². The molecule has 1 unspecified atom stereocenters. The van der Waals surface area contributed by atoms with Gasteiger partial charge < -0.3 is 20.2 Å². The van der Waals surface area contributed by atoms with Crippen LogP contribution in [0.4, 0.5) is 11.5 Å². The van der Waals surface area contributed by atoms with Crippen molar-refractivity contribution in [2.24, 2.45) is 5.92 Å². The van der Waals surface area contributed by atoms with Crippen molar-refractivity contribution in [3.8, 4) is 0 Å². The second kappa shape index (κ2) is 7.01. The van der Waals surface area contributed by atoms with Gasteiger partial charge in [0.15, 0.2) is 0 Å². The maximum atomic E-state index is 12.2. The zero-order valence-corrected chi connectivity index (χ0v) is 13.1. The lowest BCUT2D eigenvalue weighted by atomic mass is 10.1. The first-order valence-electron chi connectivity index (χ1n) is 6.91. The number of hydrogen-bond acceptors (Lipinski definition) is 6. The normalized spacial score (nSPS) is 12.1. The maximum Gasteiger partial charge on any atom is 0.390 e. The molecule has 10 heteroatoms. The van der Waals surface area contributed by atoms with Crippen LogP contribution in [0.25, 0.3) is 0 Å². The largest absolute Gasteiger partial charge is 0.390 e. The topological polar surface area (TPSA) is 117 Å². The van der Waals surface area contributed by atoms with Crippen molar-refractivity contribution in [3.63, 3.8) is 0 Å². The minimum absolute atomic E-state index is 0.223. The molecule has 2 aromatic rings. The maximum absolute atomic E-state index is 12.2. The fourth-order valence-corrected chi connectivity index (χ4v) is 2.01. The SMILES string of the molecule is COCn1cc(NC(=O)C(C)Cn2nc([N+](=O)[O-])cc2C)cn1. The van der Waals surface area contributed by atoms with Crippen LogP contribution in [-0.2, 0) is 22.8 Å². The Hall–Kier alpha value is -2.75. The van der Waals surface area contributed by atoms with Crippen molar-refractivity contribution in [3.05, 3.63) is 34.3 Å². The molecule has 0 aliphatic rings. The van der Waals surface area contributed by atoms with E-state index in [1.807, 2.05) is 0 Å². The molecule has 0 aliphatic heterocycles. The monoisotopic (exact) mass is 322 g/mol. The molecule has 2 heterocycles. The minimum atomic E-state index is -0.557. The zero-order valence-electron chi connectivity index (χ0n) is 13.1. The van der Waals surface area contributed by atoms with E-state index in [1.54, 1.807) is 31.8 Å². The van der Waals surface area contributed by atoms with Gasteiger partial charge in [0.2, 0.25) is 5.91 Å². The Labute approximate surface area is 132 Å². The molecule has 0 saturated heterocycles. The molecule has 23 heavy (non-hydrogen) atoms. The summed E-state index contributed by atoms with van der Waals surface area (Å²) in [6, 6.07) is 1.37. The summed E-state index contributed by atoms with van der Waals surface area (Å²) < 4.78 is 7.93. The number of anilines is 1. The lowest BCUT2D eigenvalue weighted by molar-refractivity contribution is -0.389. The van der Waals surface area contributed by atoms with E-state index in [1.165, 1.54) is 16.9 Å². The van der Waals surface area contributed by atoms with Gasteiger partial charge in [0.25, 0.3) is 0 Å². The number of nitro groups is 1. The van der Waals surface area contributed by atoms with E-state index in [2.05, 4.69) is 15.5 Å². The van der Waals surface area contributed by atoms with Gasteiger partial charge in [-0.15, -0.1) is 0 Å². The second-order valence-electron chi connectivity index (χ2n) is 5.16. The van der Waals surface area contributed by atoms with Gasteiger partial charge in [0, 0.05) is 7.11 Å². The summed E-state index contributed by atoms with van der Waals surface area (Å²) in [5.74, 6) is -0.866. The smallest absolute Gasteiger partial charge is 0.362 e. The summed E-state index contributed by atoms with van der Waals surface area (Å²) in [4.78, 5) is 22.3. The third kappa shape index (κ3) is 4.13. The Morgan fingerprint density at radius 3 is 2.91 bits per heavy atom. The Kier molecular flexibility index (Phi) is 5.06. The molecule has 0 saturated carbocycles. The number of amides is 1. The van der Waals surface area contributed by atoms with Gasteiger partial charge in [-0.05, 0) is 11.8 Å². The second-order valence-corrected chi connectivity index (χ2v) is 5.16. The van der Waals surface area contributed by atoms with Crippen LogP contribution < -0.4 is 5.32 Å². The van der Waals surface area contributed by atoms with Crippen molar-refractivity contribution in [1.82, 2.24) is 19.6 Å². The molecule has 10 nitrogen and oxygen atoms in total. The quantitative estimate of drug-likeness (QED) is 0.604. The van der Waals surface area contributed by atoms with E-state index >= 15 is 0 Å². The fraction of sp³-hybridized carbons (Fsp3) is 0.462. The molecule has 1 N–H and O–H groups in total. The van der Waals surface area contributed by atoms with Crippen molar-refractivity contribution in [1.29, 1.82) is 0 Å². The first-order chi connectivity index (χ1) is 10.9. The van der Waals surface area contributed by atoms with Crippen LogP contribution in [-0.4, -0.2) is 37.5 Å². The summed E-state index contributed by atoms with van der Waals surface area (Å²) in [5, 5.41) is 21.3. The Morgan fingerprint density at radius 1 is 1.57 bits per heavy atom. The van der Waals surface area contributed by atoms with Crippen LogP contribution >= 0.6 is 0 Å². The number of ether oxygens (including phenoxy) is 1. The first kappa shape index (κ1) is 16.6. The summed E-state index contributed by atoms with van der Waals surface area (Å²) in [5.41, 5.74) is 1.19. The number of rotatable bonds is 7. The molecule has 0 bridgehead atoms. The molecule has 0 spiro atoms. The number of methoxy groups -OCH3 is 1. The lowest BCUT2D eigenvalue weighted by Gasteiger charge is -2.10. The molecule has 0 aliphatic carbocycles. The van der Waals surface area contributed by atoms with Crippen LogP contribution in [0.15, 0.2) is 18.5 Å². The van der Waals surface area contributed by atoms with E-state index in [-0.39, 0.29) is 18.3 Å². The van der Waals surface area contributed by atoms with Gasteiger partial charge in [-0.25, -0.2) is 4.68 Å². The number of carbonyl (C=O) groups excluding carboxylic acids is 1. The summed E-state index contributed by atoms with van der Waals surface area (Å²) in [7, 11) is 1.55. The van der Waals surface area contributed by atoms with Gasteiger partial charge in [-0.1, -0.05) is 6.92 Å². The predicted octanol–water partition coefficient (Wildman–Crippen LogP) is 1.17. The minimum Gasteiger partial charge on any atom is -0.362 e. The highest BCUT2D eigenvalue weighted by molar-refractivity contribution is 5.91. The van der Waals surface area contributed by atoms with Crippen LogP contribution in [0.2, 0.25) is 0 Å². The van der Waals surface area contributed by atoms with Crippen LogP contribution in [0.3, 0.4) is 0 Å². The van der Waals surface area contributed by atoms with Gasteiger partial charge in [-0.3, -0.25) is 4.79 Å². The third-order valence-electron chi connectivity index (χ3n) is 3.21. The number of carbonyl (C=O) groups is 1. The lowest BCUT2D eigenvalue weighted by Crippen LogP contribution is -2.25. The van der Waals surface area contributed by atoms with Gasteiger partial charge in [-0.2, -0.15) is 9.78 Å². The Morgan fingerprint density at radius 2 is 2.30 bits per heavy atom. The molecule has 124 valence electrons. The first-order valence-corrected chi connectivity index (χ1v) is 6.91. The van der Waals surface area contributed by atoms with E-state index in [0.717, 1.165) is 0 Å². The average Bonchev–Trinajstić information content (AvgIpc) is 3.07. The number of aromatic nitrogens is 4. The fourth-order valence-electron chi connectivity index (χ4n) is 2.01. The average molecular weight is 322 g/mol. The van der Waals surface area contributed by atoms with E-state index in [4.69, 9.17) is 4.74 Å². The van der Waals surface area contributed by atoms with Crippen LogP contribution in [0, 0.1) is 23.0 Å². The van der Waals surface area contributed by atoms with Crippen LogP contribution in [0.1, 0.15) is 12.6 Å². The number of aryl methyl sites for hydroxylation is 1. The highest BCUT2D eigenvalue weighted by Crippen LogP contribution is 2.14. The van der Waals surface area contributed by atoms with Crippen molar-refractivity contribution in [2.75, 3.05) is 12.4 Å². The molecular weight excluding hydrogens is 304 g/mol. The van der Waals surface area contributed by atoms with Gasteiger partial charge >= 0.3 is 5.82 Å². The third-order valence-corrected chi connectivity index (χ3v) is 3.21. The Balaban J connectivity index is 1.98. The molecule has 2 aromatic heterocycles. The predicted molar refractivity (Wildman–Crippen MR) is 80.6 cm³/mol. The summed E-state index contributed by atoms with van der Waals surface area (Å²) in [6.07, 6.45) is 3.17. The van der Waals surface area contributed by atoms with Crippen molar-refractivity contribution < 1.29 is 14.5 Å². The molecule has 1 amide bonds.